The van der Waals surface area contributed by atoms with Crippen molar-refractivity contribution >= 4 is 5.97 Å². The Labute approximate surface area is 147 Å². The first-order valence-electron chi connectivity index (χ1n) is 9.56. The standard InChI is InChI=1S/C19H36NO4/c1-5-6-7-8-11-14-19(20(22)18(2,3)16-24-19)15-12-9-10-13-17(21)23-4/h5-16H2,1-4H3. The maximum Gasteiger partial charge on any atom is 0.305 e. The van der Waals surface area contributed by atoms with Gasteiger partial charge in [-0.15, -0.1) is 10.3 Å². The molecule has 0 amide bonds. The summed E-state index contributed by atoms with van der Waals surface area (Å²) >= 11 is 0. The SMILES string of the molecule is CCCCCCCC1(CCCCCC(=O)OC)OCC(C)(C)N1[O]. The van der Waals surface area contributed by atoms with Crippen molar-refractivity contribution < 1.29 is 19.5 Å². The van der Waals surface area contributed by atoms with Gasteiger partial charge in [-0.05, 0) is 46.0 Å². The second-order valence-electron chi connectivity index (χ2n) is 7.64. The summed E-state index contributed by atoms with van der Waals surface area (Å²) in [6, 6.07) is 0. The molecule has 1 heterocycles. The molecule has 0 spiro atoms. The Kier molecular flexibility index (Phi) is 9.24. The number of hydrogen-bond acceptors (Lipinski definition) is 4. The minimum Gasteiger partial charge on any atom is -0.469 e. The zero-order valence-electron chi connectivity index (χ0n) is 16.1. The molecule has 0 aliphatic carbocycles. The summed E-state index contributed by atoms with van der Waals surface area (Å²) < 4.78 is 10.7. The molecular weight excluding hydrogens is 306 g/mol. The Bertz CT molecular complexity index is 372. The number of methoxy groups -OCH3 is 1. The highest BCUT2D eigenvalue weighted by atomic mass is 16.6. The van der Waals surface area contributed by atoms with Gasteiger partial charge in [0.05, 0.1) is 19.3 Å². The minimum absolute atomic E-state index is 0.163. The fraction of sp³-hybridized carbons (Fsp3) is 0.947. The number of carbonyl (C=O) groups is 1. The van der Waals surface area contributed by atoms with E-state index >= 15 is 0 Å². The molecule has 1 fully saturated rings. The first-order valence-corrected chi connectivity index (χ1v) is 9.56. The number of carbonyl (C=O) groups excluding carboxylic acids is 1. The topological polar surface area (TPSA) is 58.7 Å². The first kappa shape index (κ1) is 21.4. The van der Waals surface area contributed by atoms with Gasteiger partial charge in [0.25, 0.3) is 0 Å². The Hall–Kier alpha value is -0.650. The number of hydroxylamine groups is 2. The summed E-state index contributed by atoms with van der Waals surface area (Å²) in [4.78, 5) is 11.2. The fourth-order valence-electron chi connectivity index (χ4n) is 3.41. The van der Waals surface area contributed by atoms with E-state index in [9.17, 15) is 10.0 Å². The smallest absolute Gasteiger partial charge is 0.305 e. The maximum absolute atomic E-state index is 12.8. The molecule has 1 unspecified atom stereocenters. The van der Waals surface area contributed by atoms with Gasteiger partial charge >= 0.3 is 5.97 Å². The van der Waals surface area contributed by atoms with Crippen LogP contribution in [0.15, 0.2) is 0 Å². The minimum atomic E-state index is -0.666. The molecule has 0 bridgehead atoms. The van der Waals surface area contributed by atoms with Crippen molar-refractivity contribution in [3.63, 3.8) is 0 Å². The largest absolute Gasteiger partial charge is 0.469 e. The van der Waals surface area contributed by atoms with Crippen LogP contribution in [0.25, 0.3) is 0 Å². The summed E-state index contributed by atoms with van der Waals surface area (Å²) in [5.74, 6) is -0.163. The third-order valence-electron chi connectivity index (χ3n) is 4.96. The third-order valence-corrected chi connectivity index (χ3v) is 4.96. The molecule has 0 saturated carbocycles. The average Bonchev–Trinajstić information content (AvgIpc) is 2.78. The molecule has 141 valence electrons. The third kappa shape index (κ3) is 6.34. The fourth-order valence-corrected chi connectivity index (χ4v) is 3.41. The molecule has 0 N–H and O–H groups in total. The molecule has 0 aromatic rings. The number of esters is 1. The van der Waals surface area contributed by atoms with E-state index in [-0.39, 0.29) is 5.97 Å². The predicted octanol–water partition coefficient (Wildman–Crippen LogP) is 4.62. The van der Waals surface area contributed by atoms with Crippen LogP contribution in [0.2, 0.25) is 0 Å². The predicted molar refractivity (Wildman–Crippen MR) is 93.8 cm³/mol. The van der Waals surface area contributed by atoms with Gasteiger partial charge in [0.2, 0.25) is 0 Å². The van der Waals surface area contributed by atoms with Gasteiger partial charge in [-0.3, -0.25) is 4.79 Å². The second kappa shape index (κ2) is 10.4. The maximum atomic E-state index is 12.8. The van der Waals surface area contributed by atoms with E-state index < -0.39 is 11.3 Å². The van der Waals surface area contributed by atoms with E-state index in [0.717, 1.165) is 44.9 Å². The van der Waals surface area contributed by atoms with Gasteiger partial charge in [0.1, 0.15) is 5.72 Å². The molecule has 1 rings (SSSR count). The van der Waals surface area contributed by atoms with E-state index in [4.69, 9.17) is 4.74 Å². The highest BCUT2D eigenvalue weighted by molar-refractivity contribution is 5.68. The molecule has 5 heteroatoms. The van der Waals surface area contributed by atoms with Crippen molar-refractivity contribution in [2.24, 2.45) is 0 Å². The van der Waals surface area contributed by atoms with Gasteiger partial charge in [-0.1, -0.05) is 39.0 Å². The molecule has 0 aromatic carbocycles. The van der Waals surface area contributed by atoms with Gasteiger partial charge in [0, 0.05) is 6.42 Å². The zero-order chi connectivity index (χ0) is 18.1. The molecule has 5 nitrogen and oxygen atoms in total. The van der Waals surface area contributed by atoms with Crippen molar-refractivity contribution in [3.05, 3.63) is 0 Å². The molecular formula is C19H36NO4. The Balaban J connectivity index is 2.45. The molecule has 1 atom stereocenters. The van der Waals surface area contributed by atoms with Crippen LogP contribution >= 0.6 is 0 Å². The zero-order valence-corrected chi connectivity index (χ0v) is 16.1. The van der Waals surface area contributed by atoms with Crippen LogP contribution in [0.1, 0.15) is 91.4 Å². The monoisotopic (exact) mass is 342 g/mol. The van der Waals surface area contributed by atoms with E-state index in [0.29, 0.717) is 13.0 Å². The van der Waals surface area contributed by atoms with Gasteiger partial charge in [-0.25, -0.2) is 0 Å². The lowest BCUT2D eigenvalue weighted by Crippen LogP contribution is -2.49. The summed E-state index contributed by atoms with van der Waals surface area (Å²) in [5.41, 5.74) is -1.11. The van der Waals surface area contributed by atoms with Gasteiger partial charge < -0.3 is 9.47 Å². The van der Waals surface area contributed by atoms with Crippen molar-refractivity contribution in [2.75, 3.05) is 13.7 Å². The van der Waals surface area contributed by atoms with Crippen molar-refractivity contribution in [3.8, 4) is 0 Å². The highest BCUT2D eigenvalue weighted by Crippen LogP contribution is 2.40. The molecule has 0 aromatic heterocycles. The number of nitrogens with zero attached hydrogens (tertiary/aromatic N) is 1. The Morgan fingerprint density at radius 1 is 1.04 bits per heavy atom. The van der Waals surface area contributed by atoms with Crippen molar-refractivity contribution in [2.45, 2.75) is 103 Å². The van der Waals surface area contributed by atoms with Crippen molar-refractivity contribution in [1.29, 1.82) is 0 Å². The lowest BCUT2D eigenvalue weighted by atomic mass is 9.95. The summed E-state index contributed by atoms with van der Waals surface area (Å²) in [6.45, 7) is 6.61. The number of rotatable bonds is 12. The van der Waals surface area contributed by atoms with Crippen LogP contribution in [0.3, 0.4) is 0 Å². The average molecular weight is 343 g/mol. The summed E-state index contributed by atoms with van der Waals surface area (Å²) in [5, 5.41) is 14.0. The number of hydrogen-bond donors (Lipinski definition) is 0. The van der Waals surface area contributed by atoms with Crippen LogP contribution < -0.4 is 0 Å². The molecule has 1 aliphatic heterocycles. The number of unbranched alkanes of at least 4 members (excludes halogenated alkanes) is 6. The quantitative estimate of drug-likeness (QED) is 0.383. The first-order chi connectivity index (χ1) is 11.4. The molecule has 24 heavy (non-hydrogen) atoms. The summed E-state index contributed by atoms with van der Waals surface area (Å²) in [6.07, 6.45) is 10.5. The molecule has 1 radical (unpaired) electrons. The summed E-state index contributed by atoms with van der Waals surface area (Å²) in [7, 11) is 1.42. The van der Waals surface area contributed by atoms with Gasteiger partial charge in [0.15, 0.2) is 0 Å². The van der Waals surface area contributed by atoms with E-state index in [1.165, 1.54) is 31.4 Å². The second-order valence-corrected chi connectivity index (χ2v) is 7.64. The van der Waals surface area contributed by atoms with E-state index in [1.807, 2.05) is 13.8 Å². The normalized spacial score (nSPS) is 23.5. The van der Waals surface area contributed by atoms with Crippen LogP contribution in [-0.4, -0.2) is 36.0 Å². The lowest BCUT2D eigenvalue weighted by molar-refractivity contribution is -0.296. The lowest BCUT2D eigenvalue weighted by Gasteiger charge is -2.35. The van der Waals surface area contributed by atoms with Crippen LogP contribution in [0.5, 0.6) is 0 Å². The van der Waals surface area contributed by atoms with Crippen LogP contribution in [0.4, 0.5) is 0 Å². The van der Waals surface area contributed by atoms with Crippen LogP contribution in [0, 0.1) is 0 Å². The van der Waals surface area contributed by atoms with E-state index in [2.05, 4.69) is 11.7 Å². The van der Waals surface area contributed by atoms with Gasteiger partial charge in [-0.2, -0.15) is 0 Å². The number of ether oxygens (including phenoxy) is 2. The highest BCUT2D eigenvalue weighted by Gasteiger charge is 2.51. The van der Waals surface area contributed by atoms with E-state index in [1.54, 1.807) is 0 Å². The molecule has 1 saturated heterocycles. The Morgan fingerprint density at radius 2 is 1.62 bits per heavy atom. The van der Waals surface area contributed by atoms with Crippen LogP contribution in [-0.2, 0) is 19.5 Å². The van der Waals surface area contributed by atoms with Crippen molar-refractivity contribution in [1.82, 2.24) is 5.06 Å². The Morgan fingerprint density at radius 3 is 2.12 bits per heavy atom. The molecule has 1 aliphatic rings.